The standard InChI is InChI=1S/C12H21N3S/c1-4-12-14-11(8-16-12)7-15-9(2)5-13-6-10(15)3/h8-10,13H,4-7H2,1-3H3. The van der Waals surface area contributed by atoms with Crippen molar-refractivity contribution in [3.8, 4) is 0 Å². The van der Waals surface area contributed by atoms with E-state index in [4.69, 9.17) is 0 Å². The number of rotatable bonds is 3. The maximum Gasteiger partial charge on any atom is 0.0926 e. The molecule has 1 fully saturated rings. The van der Waals surface area contributed by atoms with Gasteiger partial charge in [-0.25, -0.2) is 4.98 Å². The fourth-order valence-electron chi connectivity index (χ4n) is 2.25. The summed E-state index contributed by atoms with van der Waals surface area (Å²) in [5.41, 5.74) is 1.24. The third-order valence-electron chi connectivity index (χ3n) is 3.26. The van der Waals surface area contributed by atoms with E-state index in [2.05, 4.69) is 41.4 Å². The van der Waals surface area contributed by atoms with E-state index in [0.29, 0.717) is 12.1 Å². The van der Waals surface area contributed by atoms with Crippen LogP contribution in [-0.4, -0.2) is 35.1 Å². The summed E-state index contributed by atoms with van der Waals surface area (Å²) in [5.74, 6) is 0. The zero-order valence-corrected chi connectivity index (χ0v) is 11.2. The van der Waals surface area contributed by atoms with Crippen molar-refractivity contribution in [3.05, 3.63) is 16.1 Å². The van der Waals surface area contributed by atoms with Gasteiger partial charge in [0.05, 0.1) is 10.7 Å². The summed E-state index contributed by atoms with van der Waals surface area (Å²) >= 11 is 1.79. The monoisotopic (exact) mass is 239 g/mol. The average molecular weight is 239 g/mol. The van der Waals surface area contributed by atoms with Gasteiger partial charge in [-0.2, -0.15) is 0 Å². The lowest BCUT2D eigenvalue weighted by Gasteiger charge is -2.38. The third-order valence-corrected chi connectivity index (χ3v) is 4.30. The average Bonchev–Trinajstić information content (AvgIpc) is 2.71. The van der Waals surface area contributed by atoms with Crippen molar-refractivity contribution in [2.24, 2.45) is 0 Å². The highest BCUT2D eigenvalue weighted by atomic mass is 32.1. The highest BCUT2D eigenvalue weighted by molar-refractivity contribution is 7.09. The molecule has 3 nitrogen and oxygen atoms in total. The van der Waals surface area contributed by atoms with Gasteiger partial charge >= 0.3 is 0 Å². The number of hydrogen-bond acceptors (Lipinski definition) is 4. The fourth-order valence-corrected chi connectivity index (χ4v) is 2.99. The Morgan fingerprint density at radius 1 is 1.44 bits per heavy atom. The smallest absolute Gasteiger partial charge is 0.0926 e. The van der Waals surface area contributed by atoms with Gasteiger partial charge in [-0.15, -0.1) is 11.3 Å². The molecule has 16 heavy (non-hydrogen) atoms. The molecule has 2 atom stereocenters. The highest BCUT2D eigenvalue weighted by Gasteiger charge is 2.24. The highest BCUT2D eigenvalue weighted by Crippen LogP contribution is 2.17. The van der Waals surface area contributed by atoms with Gasteiger partial charge in [-0.3, -0.25) is 4.90 Å². The van der Waals surface area contributed by atoms with Crippen LogP contribution in [0.4, 0.5) is 0 Å². The van der Waals surface area contributed by atoms with Gasteiger partial charge in [0, 0.05) is 37.1 Å². The molecule has 0 radical (unpaired) electrons. The van der Waals surface area contributed by atoms with Gasteiger partial charge in [0.15, 0.2) is 0 Å². The quantitative estimate of drug-likeness (QED) is 0.873. The Labute approximate surface area is 102 Å². The van der Waals surface area contributed by atoms with Crippen LogP contribution in [0.3, 0.4) is 0 Å². The van der Waals surface area contributed by atoms with E-state index in [1.165, 1.54) is 10.7 Å². The number of aromatic nitrogens is 1. The molecule has 2 heterocycles. The first-order valence-corrected chi connectivity index (χ1v) is 6.98. The largest absolute Gasteiger partial charge is 0.314 e. The van der Waals surface area contributed by atoms with Gasteiger partial charge < -0.3 is 5.32 Å². The zero-order chi connectivity index (χ0) is 11.5. The molecule has 0 aliphatic carbocycles. The van der Waals surface area contributed by atoms with E-state index >= 15 is 0 Å². The number of nitrogens with zero attached hydrogens (tertiary/aromatic N) is 2. The number of thiazole rings is 1. The molecule has 0 saturated carbocycles. The van der Waals surface area contributed by atoms with Crippen LogP contribution in [-0.2, 0) is 13.0 Å². The number of piperazine rings is 1. The first-order chi connectivity index (χ1) is 7.70. The Morgan fingerprint density at radius 3 is 2.69 bits per heavy atom. The van der Waals surface area contributed by atoms with E-state index in [-0.39, 0.29) is 0 Å². The molecule has 4 heteroatoms. The minimum atomic E-state index is 0.607. The lowest BCUT2D eigenvalue weighted by molar-refractivity contribution is 0.107. The van der Waals surface area contributed by atoms with Crippen LogP contribution < -0.4 is 5.32 Å². The Balaban J connectivity index is 2.01. The third kappa shape index (κ3) is 2.62. The Hall–Kier alpha value is -0.450. The molecule has 0 aromatic carbocycles. The van der Waals surface area contributed by atoms with E-state index in [1.54, 1.807) is 11.3 Å². The van der Waals surface area contributed by atoms with Crippen LogP contribution in [0.15, 0.2) is 5.38 Å². The molecule has 1 N–H and O–H groups in total. The summed E-state index contributed by atoms with van der Waals surface area (Å²) in [7, 11) is 0. The minimum absolute atomic E-state index is 0.607. The fraction of sp³-hybridized carbons (Fsp3) is 0.750. The molecule has 2 rings (SSSR count). The van der Waals surface area contributed by atoms with Crippen molar-refractivity contribution in [1.29, 1.82) is 0 Å². The van der Waals surface area contributed by atoms with Gasteiger partial charge in [0.2, 0.25) is 0 Å². The summed E-state index contributed by atoms with van der Waals surface area (Å²) in [5, 5.41) is 6.92. The second-order valence-electron chi connectivity index (χ2n) is 4.61. The molecule has 0 bridgehead atoms. The summed E-state index contributed by atoms with van der Waals surface area (Å²) in [4.78, 5) is 7.19. The van der Waals surface area contributed by atoms with Gasteiger partial charge in [-0.1, -0.05) is 6.92 Å². The Bertz CT molecular complexity index is 327. The lowest BCUT2D eigenvalue weighted by Crippen LogP contribution is -2.54. The molecule has 90 valence electrons. The predicted molar refractivity (Wildman–Crippen MR) is 68.8 cm³/mol. The number of nitrogens with one attached hydrogen (secondary N) is 1. The van der Waals surface area contributed by atoms with E-state index in [1.807, 2.05) is 0 Å². The molecule has 1 aliphatic heterocycles. The maximum atomic E-state index is 4.65. The molecule has 1 saturated heterocycles. The van der Waals surface area contributed by atoms with Crippen LogP contribution in [0.1, 0.15) is 31.5 Å². The zero-order valence-electron chi connectivity index (χ0n) is 10.4. The van der Waals surface area contributed by atoms with E-state index < -0.39 is 0 Å². The van der Waals surface area contributed by atoms with E-state index in [0.717, 1.165) is 26.1 Å². The summed E-state index contributed by atoms with van der Waals surface area (Å²) in [6.45, 7) is 9.93. The SMILES string of the molecule is CCc1nc(CN2C(C)CNCC2C)cs1. The van der Waals surface area contributed by atoms with Crippen LogP contribution in [0, 0.1) is 0 Å². The normalized spacial score (nSPS) is 27.2. The maximum absolute atomic E-state index is 4.65. The van der Waals surface area contributed by atoms with Gasteiger partial charge in [-0.05, 0) is 20.3 Å². The minimum Gasteiger partial charge on any atom is -0.314 e. The van der Waals surface area contributed by atoms with Gasteiger partial charge in [0.25, 0.3) is 0 Å². The first kappa shape index (κ1) is 12.0. The van der Waals surface area contributed by atoms with Crippen LogP contribution >= 0.6 is 11.3 Å². The van der Waals surface area contributed by atoms with E-state index in [9.17, 15) is 0 Å². The summed E-state index contributed by atoms with van der Waals surface area (Å²) in [6, 6.07) is 1.21. The molecule has 1 aromatic heterocycles. The second-order valence-corrected chi connectivity index (χ2v) is 5.56. The second kappa shape index (κ2) is 5.25. The molecular formula is C12H21N3S. The molecule has 1 aromatic rings. The number of aryl methyl sites for hydroxylation is 1. The molecule has 0 spiro atoms. The molecule has 0 amide bonds. The lowest BCUT2D eigenvalue weighted by atomic mass is 10.1. The van der Waals surface area contributed by atoms with Gasteiger partial charge in [0.1, 0.15) is 0 Å². The molecule has 1 aliphatic rings. The summed E-state index contributed by atoms with van der Waals surface area (Å²) in [6.07, 6.45) is 1.05. The van der Waals surface area contributed by atoms with Crippen LogP contribution in [0.25, 0.3) is 0 Å². The molecule has 2 unspecified atom stereocenters. The van der Waals surface area contributed by atoms with Crippen molar-refractivity contribution in [2.75, 3.05) is 13.1 Å². The van der Waals surface area contributed by atoms with Crippen molar-refractivity contribution >= 4 is 11.3 Å². The topological polar surface area (TPSA) is 28.2 Å². The summed E-state index contributed by atoms with van der Waals surface area (Å²) < 4.78 is 0. The van der Waals surface area contributed by atoms with Crippen molar-refractivity contribution < 1.29 is 0 Å². The predicted octanol–water partition coefficient (Wildman–Crippen LogP) is 1.89. The van der Waals surface area contributed by atoms with Crippen molar-refractivity contribution in [1.82, 2.24) is 15.2 Å². The first-order valence-electron chi connectivity index (χ1n) is 6.10. The van der Waals surface area contributed by atoms with Crippen LogP contribution in [0.5, 0.6) is 0 Å². The Morgan fingerprint density at radius 2 is 2.12 bits per heavy atom. The van der Waals surface area contributed by atoms with Crippen molar-refractivity contribution in [3.63, 3.8) is 0 Å². The van der Waals surface area contributed by atoms with Crippen LogP contribution in [0.2, 0.25) is 0 Å². The molecular weight excluding hydrogens is 218 g/mol. The van der Waals surface area contributed by atoms with Crippen molar-refractivity contribution in [2.45, 2.75) is 45.8 Å². The Kier molecular flexibility index (Phi) is 3.95. The number of hydrogen-bond donors (Lipinski definition) is 1.